The van der Waals surface area contributed by atoms with Crippen molar-refractivity contribution >= 4 is 20.5 Å². The van der Waals surface area contributed by atoms with Crippen LogP contribution in [-0.2, 0) is 35.5 Å². The van der Waals surface area contributed by atoms with Crippen LogP contribution in [0.2, 0.25) is 0 Å². The van der Waals surface area contributed by atoms with Crippen molar-refractivity contribution in [3.8, 4) is 11.1 Å². The van der Waals surface area contributed by atoms with Crippen molar-refractivity contribution in [3.63, 3.8) is 0 Å². The molecule has 0 fully saturated rings. The summed E-state index contributed by atoms with van der Waals surface area (Å²) >= 11 is 1.45. The minimum atomic E-state index is -0.157. The first-order chi connectivity index (χ1) is 24.0. The molecule has 0 aliphatic heterocycles. The number of rotatable bonds is 4. The summed E-state index contributed by atoms with van der Waals surface area (Å²) in [6, 6.07) is 52.1. The van der Waals surface area contributed by atoms with Gasteiger partial charge >= 0.3 is 315 Å². The van der Waals surface area contributed by atoms with Crippen LogP contribution in [-0.4, -0.2) is 0 Å². The van der Waals surface area contributed by atoms with Crippen LogP contribution in [0.15, 0.2) is 140 Å². The van der Waals surface area contributed by atoms with Gasteiger partial charge in [-0.3, -0.25) is 0 Å². The van der Waals surface area contributed by atoms with Crippen LogP contribution in [0, 0.1) is 0 Å². The van der Waals surface area contributed by atoms with Gasteiger partial charge in [0.25, 0.3) is 0 Å². The molecule has 0 spiro atoms. The molecule has 1 atom stereocenters. The van der Waals surface area contributed by atoms with Gasteiger partial charge in [-0.2, -0.15) is 0 Å². The van der Waals surface area contributed by atoms with Crippen LogP contribution >= 0.6 is 0 Å². The summed E-state index contributed by atoms with van der Waals surface area (Å²) in [6.07, 6.45) is 2.46. The summed E-state index contributed by atoms with van der Waals surface area (Å²) < 4.78 is 1.47. The van der Waals surface area contributed by atoms with Gasteiger partial charge in [-0.05, 0) is 0 Å². The monoisotopic (exact) mass is 791 g/mol. The Hall–Kier alpha value is -3.74. The molecule has 0 bridgehead atoms. The molecule has 0 heterocycles. The van der Waals surface area contributed by atoms with E-state index in [-0.39, 0.29) is 41.6 Å². The van der Waals surface area contributed by atoms with Crippen molar-refractivity contribution in [2.24, 2.45) is 0 Å². The van der Waals surface area contributed by atoms with E-state index in [1.54, 1.807) is 0 Å². The van der Waals surface area contributed by atoms with Gasteiger partial charge in [-0.15, -0.1) is 0 Å². The molecule has 257 valence electrons. The van der Waals surface area contributed by atoms with E-state index in [0.717, 1.165) is 0 Å². The van der Waals surface area contributed by atoms with E-state index < -0.39 is 0 Å². The van der Waals surface area contributed by atoms with E-state index in [0.29, 0.717) is 0 Å². The largest absolute Gasteiger partial charge is 1.00 e. The fourth-order valence-corrected chi connectivity index (χ4v) is 9.44. The second-order valence-corrected chi connectivity index (χ2v) is 17.1. The van der Waals surface area contributed by atoms with Gasteiger partial charge in [-0.1, -0.05) is 0 Å². The van der Waals surface area contributed by atoms with Crippen molar-refractivity contribution < 1.29 is 49.5 Å². The second-order valence-electron chi connectivity index (χ2n) is 15.9. The number of fused-ring (bicyclic) bond motifs is 4. The summed E-state index contributed by atoms with van der Waals surface area (Å²) in [6.45, 7) is 14.2. The van der Waals surface area contributed by atoms with E-state index in [2.05, 4.69) is 187 Å². The number of hydrogen-bond donors (Lipinski definition) is 0. The zero-order valence-corrected chi connectivity index (χ0v) is 34.7. The van der Waals surface area contributed by atoms with E-state index in [4.69, 9.17) is 0 Å². The van der Waals surface area contributed by atoms with Gasteiger partial charge in [-0.25, -0.2) is 0 Å². The maximum absolute atomic E-state index is 2.56. The van der Waals surface area contributed by atoms with Crippen molar-refractivity contribution in [1.82, 2.24) is 0 Å². The van der Waals surface area contributed by atoms with Gasteiger partial charge in [0.05, 0.1) is 0 Å². The fraction of sp³-hybridized carbons (Fsp3) is 0.184. The predicted octanol–water partition coefficient (Wildman–Crippen LogP) is 4.91. The molecule has 8 rings (SSSR count). The molecular weight excluding hydrogens is 751 g/mol. The van der Waals surface area contributed by atoms with Gasteiger partial charge in [0.2, 0.25) is 0 Å². The van der Waals surface area contributed by atoms with Crippen LogP contribution in [0.3, 0.4) is 0 Å². The molecule has 0 aromatic heterocycles. The molecule has 0 nitrogen and oxygen atoms in total. The molecule has 0 N–H and O–H groups in total. The molecule has 52 heavy (non-hydrogen) atoms. The van der Waals surface area contributed by atoms with E-state index in [9.17, 15) is 0 Å². The zero-order valence-electron chi connectivity index (χ0n) is 30.7. The molecule has 3 heteroatoms. The minimum Gasteiger partial charge on any atom is -1.00 e. The number of benzene rings is 6. The first kappa shape index (κ1) is 38.0. The predicted molar refractivity (Wildman–Crippen MR) is 208 cm³/mol. The number of hydrogen-bond acceptors (Lipinski definition) is 0. The molecule has 0 amide bonds. The normalized spacial score (nSPS) is 14.4. The topological polar surface area (TPSA) is 0 Å². The first-order valence-electron chi connectivity index (χ1n) is 17.8. The van der Waals surface area contributed by atoms with Crippen molar-refractivity contribution in [1.29, 1.82) is 0 Å². The SMILES string of the molecule is CC(C)(C)c1ccc2c(c1)[C]([Zr+2])=c1c-2cc(=C(c2ccccc2)c2ccccc2)c(C(C)(C)C)c1C1C(c2ccccc2)=Cc2ccccc21.[Cl-].[Cl-]. The Balaban J connectivity index is 0.00000232. The molecule has 2 aliphatic carbocycles. The van der Waals surface area contributed by atoms with E-state index in [1.807, 2.05) is 0 Å². The Bertz CT molecular complexity index is 2390. The number of allylic oxidation sites excluding steroid dienone is 1. The van der Waals surface area contributed by atoms with Crippen LogP contribution in [0.25, 0.3) is 31.6 Å². The van der Waals surface area contributed by atoms with Crippen molar-refractivity contribution in [3.05, 3.63) is 200 Å². The van der Waals surface area contributed by atoms with Crippen LogP contribution in [0.5, 0.6) is 0 Å². The summed E-state index contributed by atoms with van der Waals surface area (Å²) in [4.78, 5) is 0. The summed E-state index contributed by atoms with van der Waals surface area (Å²) in [5.41, 5.74) is 17.5. The van der Waals surface area contributed by atoms with Crippen molar-refractivity contribution in [2.45, 2.75) is 58.3 Å². The van der Waals surface area contributed by atoms with Gasteiger partial charge in [0.15, 0.2) is 0 Å². The Morgan fingerprint density at radius 3 is 1.69 bits per heavy atom. The minimum absolute atomic E-state index is 0. The molecule has 6 aromatic rings. The average molecular weight is 794 g/mol. The first-order valence-corrected chi connectivity index (χ1v) is 19.0. The van der Waals surface area contributed by atoms with Crippen LogP contribution < -0.4 is 35.3 Å². The fourth-order valence-electron chi connectivity index (χ4n) is 8.27. The Kier molecular flexibility index (Phi) is 10.7. The van der Waals surface area contributed by atoms with Crippen molar-refractivity contribution in [2.75, 3.05) is 0 Å². The third-order valence-corrected chi connectivity index (χ3v) is 11.8. The van der Waals surface area contributed by atoms with Gasteiger partial charge in [0.1, 0.15) is 0 Å². The molecule has 1 unspecified atom stereocenters. The number of halogens is 2. The third-order valence-electron chi connectivity index (χ3n) is 10.5. The maximum atomic E-state index is 2.56. The van der Waals surface area contributed by atoms with Gasteiger partial charge < -0.3 is 24.8 Å². The molecule has 0 saturated heterocycles. The summed E-state index contributed by atoms with van der Waals surface area (Å²) in [5, 5.41) is 2.78. The second kappa shape index (κ2) is 14.6. The van der Waals surface area contributed by atoms with E-state index >= 15 is 0 Å². The maximum Gasteiger partial charge on any atom is -1.00 e. The summed E-state index contributed by atoms with van der Waals surface area (Å²) in [5.74, 6) is 0.0937. The zero-order chi connectivity index (χ0) is 34.8. The van der Waals surface area contributed by atoms with E-state index in [1.165, 1.54) is 111 Å². The molecule has 2 aliphatic rings. The van der Waals surface area contributed by atoms with Gasteiger partial charge in [0, 0.05) is 0 Å². The molecule has 0 saturated carbocycles. The smallest absolute Gasteiger partial charge is 1.00 e. The Labute approximate surface area is 337 Å². The average Bonchev–Trinajstić information content (AvgIpc) is 3.63. The standard InChI is InChI=1S/C49H43.2ClH.Zr/c1-48(2,3)37-26-27-38-36(28-37)30-42-41(38)31-43(44(33-20-12-8-13-21-33)34-22-14-9-15-23-34)47(49(4,5)6)46(42)45-39-25-17-16-24-35(39)29-40(45)32-18-10-7-11-19-32;;;/h7-29,31,45H,1-6H3;2*1H;/q;;;+2/p-2. The Morgan fingerprint density at radius 1 is 0.558 bits per heavy atom. The molecule has 0 radical (unpaired) electrons. The quantitative estimate of drug-likeness (QED) is 0.239. The van der Waals surface area contributed by atoms with Crippen LogP contribution in [0.4, 0.5) is 0 Å². The molecule has 6 aromatic carbocycles. The summed E-state index contributed by atoms with van der Waals surface area (Å²) in [7, 11) is 0. The molecular formula is C49H43Cl2Zr. The third kappa shape index (κ3) is 6.55. The van der Waals surface area contributed by atoms with Crippen LogP contribution in [0.1, 0.15) is 97.5 Å². The Morgan fingerprint density at radius 2 is 1.12 bits per heavy atom.